The molecule has 0 saturated carbocycles. The molecule has 4 heterocycles. The van der Waals surface area contributed by atoms with E-state index in [1.165, 1.54) is 0 Å². The lowest BCUT2D eigenvalue weighted by Crippen LogP contribution is -2.43. The Bertz CT molecular complexity index is 1030. The maximum absolute atomic E-state index is 8.76. The van der Waals surface area contributed by atoms with Crippen molar-refractivity contribution in [1.82, 2.24) is 15.0 Å². The molecule has 1 fully saturated rings. The smallest absolute Gasteiger partial charge is 0.132 e. The Morgan fingerprint density at radius 1 is 1.24 bits per heavy atom. The molecule has 5 N–H and O–H groups in total. The van der Waals surface area contributed by atoms with Crippen LogP contribution in [-0.2, 0) is 0 Å². The van der Waals surface area contributed by atoms with Crippen molar-refractivity contribution in [2.75, 3.05) is 23.7 Å². The number of hydrogen-bond acceptors (Lipinski definition) is 7. The standard InChI is InChI=1S/C22H25N7/c1-14-6-7-19(28-22(14)29-9-3-5-16(23)13-29)21(25)17-10-20(27-12-18(17)24)15-4-2-8-26-11-15/h2,4,6-8,10-12,16,25H,3,5,9,13,23-24H2,1H3/t16-/m0/s1. The van der Waals surface area contributed by atoms with E-state index in [4.69, 9.17) is 21.9 Å². The highest BCUT2D eigenvalue weighted by Crippen LogP contribution is 2.25. The van der Waals surface area contributed by atoms with E-state index in [2.05, 4.69) is 14.9 Å². The van der Waals surface area contributed by atoms with Gasteiger partial charge in [0.15, 0.2) is 0 Å². The van der Waals surface area contributed by atoms with Crippen LogP contribution in [0.3, 0.4) is 0 Å². The van der Waals surface area contributed by atoms with Crippen LogP contribution in [0, 0.1) is 12.3 Å². The Balaban J connectivity index is 1.69. The van der Waals surface area contributed by atoms with Crippen molar-refractivity contribution in [1.29, 1.82) is 5.41 Å². The predicted octanol–water partition coefficient (Wildman–Crippen LogP) is 2.77. The molecule has 7 heteroatoms. The van der Waals surface area contributed by atoms with Crippen molar-refractivity contribution < 1.29 is 0 Å². The molecule has 148 valence electrons. The summed E-state index contributed by atoms with van der Waals surface area (Å²) in [6, 6.07) is 9.65. The zero-order chi connectivity index (χ0) is 20.4. The van der Waals surface area contributed by atoms with Gasteiger partial charge in [0, 0.05) is 42.7 Å². The average molecular weight is 387 g/mol. The highest BCUT2D eigenvalue weighted by atomic mass is 15.2. The summed E-state index contributed by atoms with van der Waals surface area (Å²) in [4.78, 5) is 15.6. The molecule has 0 spiro atoms. The van der Waals surface area contributed by atoms with E-state index in [9.17, 15) is 0 Å². The molecular weight excluding hydrogens is 362 g/mol. The normalized spacial score (nSPS) is 16.6. The van der Waals surface area contributed by atoms with E-state index in [0.29, 0.717) is 16.9 Å². The molecule has 29 heavy (non-hydrogen) atoms. The van der Waals surface area contributed by atoms with Gasteiger partial charge in [-0.25, -0.2) is 4.98 Å². The van der Waals surface area contributed by atoms with Crippen LogP contribution in [0.2, 0.25) is 0 Å². The molecule has 0 amide bonds. The third-order valence-corrected chi connectivity index (χ3v) is 5.25. The number of rotatable bonds is 4. The maximum atomic E-state index is 8.76. The van der Waals surface area contributed by atoms with Crippen molar-refractivity contribution in [2.24, 2.45) is 5.73 Å². The van der Waals surface area contributed by atoms with Gasteiger partial charge in [0.2, 0.25) is 0 Å². The van der Waals surface area contributed by atoms with Crippen LogP contribution in [0.4, 0.5) is 11.5 Å². The highest BCUT2D eigenvalue weighted by molar-refractivity contribution is 6.13. The van der Waals surface area contributed by atoms with Gasteiger partial charge in [-0.1, -0.05) is 6.07 Å². The van der Waals surface area contributed by atoms with E-state index in [-0.39, 0.29) is 11.8 Å². The molecule has 1 aliphatic heterocycles. The molecule has 1 saturated heterocycles. The summed E-state index contributed by atoms with van der Waals surface area (Å²) in [5.74, 6) is 0.891. The first kappa shape index (κ1) is 19.0. The minimum Gasteiger partial charge on any atom is -0.397 e. The lowest BCUT2D eigenvalue weighted by atomic mass is 10.0. The number of anilines is 2. The van der Waals surface area contributed by atoms with Gasteiger partial charge < -0.3 is 16.4 Å². The van der Waals surface area contributed by atoms with Crippen LogP contribution in [0.25, 0.3) is 11.3 Å². The number of hydrogen-bond donors (Lipinski definition) is 3. The van der Waals surface area contributed by atoms with Gasteiger partial charge in [-0.3, -0.25) is 15.4 Å². The maximum Gasteiger partial charge on any atom is 0.132 e. The van der Waals surface area contributed by atoms with Gasteiger partial charge >= 0.3 is 0 Å². The zero-order valence-electron chi connectivity index (χ0n) is 16.5. The van der Waals surface area contributed by atoms with E-state index >= 15 is 0 Å². The van der Waals surface area contributed by atoms with Gasteiger partial charge in [0.1, 0.15) is 5.82 Å². The Morgan fingerprint density at radius 2 is 2.10 bits per heavy atom. The summed E-state index contributed by atoms with van der Waals surface area (Å²) < 4.78 is 0. The molecule has 0 bridgehead atoms. The van der Waals surface area contributed by atoms with E-state index in [0.717, 1.165) is 48.6 Å². The van der Waals surface area contributed by atoms with Crippen molar-refractivity contribution in [3.63, 3.8) is 0 Å². The molecule has 3 aromatic rings. The second kappa shape index (κ2) is 7.97. The van der Waals surface area contributed by atoms with E-state index in [1.54, 1.807) is 18.6 Å². The first-order chi connectivity index (χ1) is 14.0. The molecule has 0 aliphatic carbocycles. The van der Waals surface area contributed by atoms with Crippen molar-refractivity contribution in [3.05, 3.63) is 65.7 Å². The van der Waals surface area contributed by atoms with Crippen LogP contribution < -0.4 is 16.4 Å². The van der Waals surface area contributed by atoms with Gasteiger partial charge in [0.25, 0.3) is 0 Å². The number of nitrogens with two attached hydrogens (primary N) is 2. The lowest BCUT2D eigenvalue weighted by molar-refractivity contribution is 0.502. The summed E-state index contributed by atoms with van der Waals surface area (Å²) in [7, 11) is 0. The number of aryl methyl sites for hydroxylation is 1. The third kappa shape index (κ3) is 3.95. The first-order valence-electron chi connectivity index (χ1n) is 9.76. The average Bonchev–Trinajstić information content (AvgIpc) is 2.74. The largest absolute Gasteiger partial charge is 0.397 e. The van der Waals surface area contributed by atoms with Gasteiger partial charge in [-0.05, 0) is 49.6 Å². The fraction of sp³-hybridized carbons (Fsp3) is 0.273. The minimum atomic E-state index is 0.158. The zero-order valence-corrected chi connectivity index (χ0v) is 16.5. The molecule has 7 nitrogen and oxygen atoms in total. The molecule has 0 unspecified atom stereocenters. The molecule has 4 rings (SSSR count). The van der Waals surface area contributed by atoms with Crippen LogP contribution in [-0.4, -0.2) is 39.8 Å². The lowest BCUT2D eigenvalue weighted by Gasteiger charge is -2.32. The third-order valence-electron chi connectivity index (χ3n) is 5.25. The van der Waals surface area contributed by atoms with Crippen LogP contribution in [0.1, 0.15) is 29.7 Å². The van der Waals surface area contributed by atoms with E-state index < -0.39 is 0 Å². The molecule has 0 radical (unpaired) electrons. The summed E-state index contributed by atoms with van der Waals surface area (Å²) in [5.41, 5.74) is 16.9. The molecule has 1 atom stereocenters. The number of pyridine rings is 3. The fourth-order valence-corrected chi connectivity index (χ4v) is 3.67. The Hall–Kier alpha value is -3.32. The van der Waals surface area contributed by atoms with Crippen molar-refractivity contribution in [2.45, 2.75) is 25.8 Å². The number of piperidine rings is 1. The van der Waals surface area contributed by atoms with Gasteiger partial charge in [-0.2, -0.15) is 0 Å². The Labute approximate surface area is 170 Å². The quantitative estimate of drug-likeness (QED) is 0.593. The number of nitrogens with zero attached hydrogens (tertiary/aromatic N) is 4. The number of aromatic nitrogens is 3. The van der Waals surface area contributed by atoms with Crippen molar-refractivity contribution >= 4 is 17.2 Å². The van der Waals surface area contributed by atoms with Crippen LogP contribution >= 0.6 is 0 Å². The second-order valence-electron chi connectivity index (χ2n) is 7.46. The molecular formula is C22H25N7. The predicted molar refractivity (Wildman–Crippen MR) is 116 cm³/mol. The van der Waals surface area contributed by atoms with E-state index in [1.807, 2.05) is 37.3 Å². The Morgan fingerprint density at radius 3 is 2.86 bits per heavy atom. The fourth-order valence-electron chi connectivity index (χ4n) is 3.67. The Kier molecular flexibility index (Phi) is 5.22. The second-order valence-corrected chi connectivity index (χ2v) is 7.46. The van der Waals surface area contributed by atoms with Crippen LogP contribution in [0.15, 0.2) is 48.9 Å². The first-order valence-corrected chi connectivity index (χ1v) is 9.76. The summed E-state index contributed by atoms with van der Waals surface area (Å²) >= 11 is 0. The number of nitrogen functional groups attached to an aromatic ring is 1. The summed E-state index contributed by atoms with van der Waals surface area (Å²) in [6.45, 7) is 3.76. The molecule has 0 aromatic carbocycles. The topological polar surface area (TPSA) is 118 Å². The summed E-state index contributed by atoms with van der Waals surface area (Å²) in [5, 5.41) is 8.76. The SMILES string of the molecule is Cc1ccc(C(=N)c2cc(-c3cccnc3)ncc2N)nc1N1CCC[C@H](N)C1. The highest BCUT2D eigenvalue weighted by Gasteiger charge is 2.21. The van der Waals surface area contributed by atoms with Crippen molar-refractivity contribution in [3.8, 4) is 11.3 Å². The van der Waals surface area contributed by atoms with Gasteiger partial charge in [0.05, 0.1) is 29.0 Å². The molecule has 1 aliphatic rings. The minimum absolute atomic E-state index is 0.158. The monoisotopic (exact) mass is 387 g/mol. The van der Waals surface area contributed by atoms with Gasteiger partial charge in [-0.15, -0.1) is 0 Å². The molecule has 3 aromatic heterocycles. The van der Waals surface area contributed by atoms with Crippen LogP contribution in [0.5, 0.6) is 0 Å². The summed E-state index contributed by atoms with van der Waals surface area (Å²) in [6.07, 6.45) is 7.14. The number of nitrogens with one attached hydrogen (secondary N) is 1.